The van der Waals surface area contributed by atoms with Gasteiger partial charge in [0.05, 0.1) is 23.8 Å². The largest absolute Gasteiger partial charge is 0.481 e. The van der Waals surface area contributed by atoms with Gasteiger partial charge in [-0.25, -0.2) is 4.98 Å². The first-order chi connectivity index (χ1) is 14.7. The van der Waals surface area contributed by atoms with Gasteiger partial charge in [0.2, 0.25) is 5.91 Å². The Labute approximate surface area is 175 Å². The lowest BCUT2D eigenvalue weighted by Gasteiger charge is -2.07. The van der Waals surface area contributed by atoms with E-state index in [4.69, 9.17) is 4.74 Å². The molecule has 1 N–H and O–H groups in total. The number of ether oxygens (including phenoxy) is 1. The van der Waals surface area contributed by atoms with Crippen LogP contribution in [0.15, 0.2) is 72.3 Å². The number of amides is 1. The molecule has 0 atom stereocenters. The van der Waals surface area contributed by atoms with Gasteiger partial charge in [-0.15, -0.1) is 6.58 Å². The van der Waals surface area contributed by atoms with E-state index in [1.807, 2.05) is 36.4 Å². The molecule has 0 fully saturated rings. The first-order valence-electron chi connectivity index (χ1n) is 9.67. The van der Waals surface area contributed by atoms with Crippen LogP contribution in [0.5, 0.6) is 5.75 Å². The molecule has 152 valence electrons. The molecule has 0 aliphatic carbocycles. The van der Waals surface area contributed by atoms with Gasteiger partial charge in [0.25, 0.3) is 5.56 Å². The van der Waals surface area contributed by atoms with Gasteiger partial charge in [-0.2, -0.15) is 0 Å². The Balaban J connectivity index is 1.43. The van der Waals surface area contributed by atoms with Crippen LogP contribution in [-0.4, -0.2) is 28.6 Å². The van der Waals surface area contributed by atoms with Crippen LogP contribution in [0, 0.1) is 11.8 Å². The summed E-state index contributed by atoms with van der Waals surface area (Å²) in [5, 5.41) is 3.27. The first kappa shape index (κ1) is 20.9. The predicted octanol–water partition coefficient (Wildman–Crippen LogP) is 2.71. The van der Waals surface area contributed by atoms with E-state index >= 15 is 0 Å². The lowest BCUT2D eigenvalue weighted by Crippen LogP contribution is -2.27. The molecule has 0 saturated heterocycles. The second-order valence-electron chi connectivity index (χ2n) is 6.53. The molecule has 1 amide bonds. The average Bonchev–Trinajstić information content (AvgIpc) is 2.77. The monoisotopic (exact) mass is 401 g/mol. The summed E-state index contributed by atoms with van der Waals surface area (Å²) >= 11 is 0. The summed E-state index contributed by atoms with van der Waals surface area (Å²) in [6.07, 6.45) is 4.20. The summed E-state index contributed by atoms with van der Waals surface area (Å²) in [7, 11) is 0. The van der Waals surface area contributed by atoms with Gasteiger partial charge in [0.1, 0.15) is 12.4 Å². The number of fused-ring (bicyclic) bond motifs is 1. The molecular formula is C24H23N3O3. The second-order valence-corrected chi connectivity index (χ2v) is 6.53. The first-order valence-corrected chi connectivity index (χ1v) is 9.67. The number of aromatic nitrogens is 2. The fourth-order valence-corrected chi connectivity index (χ4v) is 2.91. The number of nitrogens with one attached hydrogen (secondary N) is 1. The Kier molecular flexibility index (Phi) is 7.39. The zero-order valence-corrected chi connectivity index (χ0v) is 16.6. The van der Waals surface area contributed by atoms with E-state index in [-0.39, 0.29) is 37.6 Å². The highest BCUT2D eigenvalue weighted by Crippen LogP contribution is 2.18. The van der Waals surface area contributed by atoms with E-state index in [2.05, 4.69) is 28.7 Å². The van der Waals surface area contributed by atoms with E-state index in [9.17, 15) is 9.59 Å². The topological polar surface area (TPSA) is 73.2 Å². The van der Waals surface area contributed by atoms with Crippen molar-refractivity contribution in [3.8, 4) is 17.6 Å². The minimum absolute atomic E-state index is 0.151. The lowest BCUT2D eigenvalue weighted by atomic mass is 10.1. The Hall–Kier alpha value is -3.85. The van der Waals surface area contributed by atoms with Crippen LogP contribution < -0.4 is 15.6 Å². The molecule has 6 nitrogen and oxygen atoms in total. The summed E-state index contributed by atoms with van der Waals surface area (Å²) in [6.45, 7) is 4.47. The number of rotatable bonds is 8. The fourth-order valence-electron chi connectivity index (χ4n) is 2.91. The number of carbonyl (C=O) groups excluding carboxylic acids is 1. The third-order valence-corrected chi connectivity index (χ3v) is 4.45. The molecule has 0 bridgehead atoms. The highest BCUT2D eigenvalue weighted by molar-refractivity contribution is 5.77. The van der Waals surface area contributed by atoms with Crippen molar-refractivity contribution in [3.63, 3.8) is 0 Å². The van der Waals surface area contributed by atoms with E-state index in [0.717, 1.165) is 17.7 Å². The zero-order valence-electron chi connectivity index (χ0n) is 16.6. The molecule has 1 heterocycles. The molecule has 3 rings (SSSR count). The van der Waals surface area contributed by atoms with Crippen molar-refractivity contribution >= 4 is 16.8 Å². The van der Waals surface area contributed by atoms with E-state index < -0.39 is 0 Å². The van der Waals surface area contributed by atoms with Crippen LogP contribution in [0.25, 0.3) is 10.9 Å². The number of hydrogen-bond acceptors (Lipinski definition) is 4. The molecule has 6 heteroatoms. The fraction of sp³-hybridized carbons (Fsp3) is 0.208. The molecule has 2 aromatic carbocycles. The molecule has 0 unspecified atom stereocenters. The number of allylic oxidation sites excluding steroid dienone is 1. The van der Waals surface area contributed by atoms with Crippen molar-refractivity contribution in [2.24, 2.45) is 0 Å². The summed E-state index contributed by atoms with van der Waals surface area (Å²) in [6, 6.07) is 14.9. The molecule has 3 aromatic rings. The Morgan fingerprint density at radius 3 is 2.83 bits per heavy atom. The van der Waals surface area contributed by atoms with Crippen LogP contribution in [0.2, 0.25) is 0 Å². The summed E-state index contributed by atoms with van der Waals surface area (Å²) in [5.74, 6) is 6.35. The van der Waals surface area contributed by atoms with Gasteiger partial charge in [-0.1, -0.05) is 48.2 Å². The Morgan fingerprint density at radius 2 is 1.97 bits per heavy atom. The molecule has 1 aromatic heterocycles. The summed E-state index contributed by atoms with van der Waals surface area (Å²) < 4.78 is 7.12. The van der Waals surface area contributed by atoms with Crippen molar-refractivity contribution in [1.82, 2.24) is 14.9 Å². The molecule has 0 saturated carbocycles. The van der Waals surface area contributed by atoms with Crippen molar-refractivity contribution in [2.75, 3.05) is 13.2 Å². The molecule has 0 aliphatic heterocycles. The number of nitrogens with zero attached hydrogens (tertiary/aromatic N) is 2. The molecule has 0 radical (unpaired) electrons. The maximum Gasteiger partial charge on any atom is 0.261 e. The highest BCUT2D eigenvalue weighted by Gasteiger charge is 2.05. The van der Waals surface area contributed by atoms with Crippen molar-refractivity contribution in [2.45, 2.75) is 19.4 Å². The standard InChI is InChI=1S/C24H23N3O3/c1-2-9-19-10-3-6-13-22(19)30-17-8-7-15-25-23(28)14-16-27-18-26-21-12-5-4-11-20(21)24(27)29/h2-6,10-13,18H,1,9,14-17H2,(H,25,28). The van der Waals surface area contributed by atoms with Crippen LogP contribution in [0.1, 0.15) is 12.0 Å². The number of hydrogen-bond donors (Lipinski definition) is 1. The van der Waals surface area contributed by atoms with Crippen LogP contribution in [0.3, 0.4) is 0 Å². The second kappa shape index (κ2) is 10.6. The maximum atomic E-state index is 12.4. The third-order valence-electron chi connectivity index (χ3n) is 4.45. The third kappa shape index (κ3) is 5.58. The molecular weight excluding hydrogens is 378 g/mol. The zero-order chi connectivity index (χ0) is 21.2. The number of aryl methyl sites for hydroxylation is 1. The van der Waals surface area contributed by atoms with Gasteiger partial charge in [-0.3, -0.25) is 14.2 Å². The Morgan fingerprint density at radius 1 is 1.17 bits per heavy atom. The number of benzene rings is 2. The number of carbonyl (C=O) groups is 1. The smallest absolute Gasteiger partial charge is 0.261 e. The quantitative estimate of drug-likeness (QED) is 0.465. The van der Waals surface area contributed by atoms with Crippen molar-refractivity contribution < 1.29 is 9.53 Å². The van der Waals surface area contributed by atoms with E-state index in [1.54, 1.807) is 18.2 Å². The van der Waals surface area contributed by atoms with Gasteiger partial charge >= 0.3 is 0 Å². The van der Waals surface area contributed by atoms with Crippen molar-refractivity contribution in [1.29, 1.82) is 0 Å². The van der Waals surface area contributed by atoms with Crippen LogP contribution in [-0.2, 0) is 17.8 Å². The summed E-state index contributed by atoms with van der Waals surface area (Å²) in [4.78, 5) is 28.7. The minimum atomic E-state index is -0.179. The van der Waals surface area contributed by atoms with E-state index in [1.165, 1.54) is 10.9 Å². The van der Waals surface area contributed by atoms with Crippen LogP contribution >= 0.6 is 0 Å². The maximum absolute atomic E-state index is 12.4. The van der Waals surface area contributed by atoms with Crippen molar-refractivity contribution in [3.05, 3.63) is 83.4 Å². The highest BCUT2D eigenvalue weighted by atomic mass is 16.5. The summed E-state index contributed by atoms with van der Waals surface area (Å²) in [5.41, 5.74) is 1.55. The Bertz CT molecular complexity index is 1160. The SMILES string of the molecule is C=CCc1ccccc1OCC#CCNC(=O)CCn1cnc2ccccc2c1=O. The van der Waals surface area contributed by atoms with Gasteiger partial charge in [-0.05, 0) is 30.2 Å². The molecule has 0 spiro atoms. The molecule has 30 heavy (non-hydrogen) atoms. The normalized spacial score (nSPS) is 10.1. The minimum Gasteiger partial charge on any atom is -0.481 e. The van der Waals surface area contributed by atoms with Gasteiger partial charge in [0.15, 0.2) is 0 Å². The average molecular weight is 401 g/mol. The van der Waals surface area contributed by atoms with Gasteiger partial charge < -0.3 is 10.1 Å². The van der Waals surface area contributed by atoms with Gasteiger partial charge in [0, 0.05) is 13.0 Å². The predicted molar refractivity (Wildman–Crippen MR) is 117 cm³/mol. The molecule has 0 aliphatic rings. The lowest BCUT2D eigenvalue weighted by molar-refractivity contribution is -0.121. The van der Waals surface area contributed by atoms with E-state index in [0.29, 0.717) is 10.9 Å². The number of para-hydroxylation sites is 2. The van der Waals surface area contributed by atoms with Crippen LogP contribution in [0.4, 0.5) is 0 Å².